The minimum atomic E-state index is 0.679. The van der Waals surface area contributed by atoms with E-state index in [1.165, 1.54) is 18.4 Å². The molecule has 4 heteroatoms. The second kappa shape index (κ2) is 5.56. The summed E-state index contributed by atoms with van der Waals surface area (Å²) in [5.74, 6) is 0.886. The fourth-order valence-electron chi connectivity index (χ4n) is 1.90. The Balaban J connectivity index is 2.04. The van der Waals surface area contributed by atoms with Gasteiger partial charge in [-0.15, -0.1) is 0 Å². The van der Waals surface area contributed by atoms with Crippen LogP contribution < -0.4 is 5.32 Å². The maximum Gasteiger partial charge on any atom is 0.131 e. The third-order valence-corrected chi connectivity index (χ3v) is 3.14. The lowest BCUT2D eigenvalue weighted by Gasteiger charge is -2.11. The highest BCUT2D eigenvalue weighted by atomic mass is 16.5. The molecule has 1 saturated carbocycles. The van der Waals surface area contributed by atoms with Gasteiger partial charge in [0.05, 0.1) is 6.61 Å². The highest BCUT2D eigenvalue weighted by molar-refractivity contribution is 5.24. The van der Waals surface area contributed by atoms with Gasteiger partial charge in [-0.2, -0.15) is 0 Å². The first-order chi connectivity index (χ1) is 8.20. The molecule has 0 amide bonds. The maximum absolute atomic E-state index is 5.05. The van der Waals surface area contributed by atoms with Crippen LogP contribution in [0.4, 0.5) is 0 Å². The molecule has 0 unspecified atom stereocenters. The molecule has 1 aromatic rings. The molecule has 1 N–H and O–H groups in total. The summed E-state index contributed by atoms with van der Waals surface area (Å²) >= 11 is 0. The monoisotopic (exact) mass is 235 g/mol. The number of hydrogen-bond acceptors (Lipinski definition) is 4. The molecule has 0 radical (unpaired) electrons. The van der Waals surface area contributed by atoms with Crippen molar-refractivity contribution < 1.29 is 4.74 Å². The van der Waals surface area contributed by atoms with Gasteiger partial charge in [0.1, 0.15) is 5.82 Å². The normalized spacial score (nSPS) is 15.2. The van der Waals surface area contributed by atoms with E-state index in [-0.39, 0.29) is 0 Å². The molecule has 1 fully saturated rings. The standard InChI is InChI=1S/C13H21N3O/c1-9-12(8-14-11-4-5-11)10(2)16-13(15-9)6-7-17-3/h11,14H,4-8H2,1-3H3. The Hall–Kier alpha value is -1.00. The van der Waals surface area contributed by atoms with Gasteiger partial charge in [0.2, 0.25) is 0 Å². The lowest BCUT2D eigenvalue weighted by atomic mass is 10.1. The first-order valence-electron chi connectivity index (χ1n) is 6.26. The lowest BCUT2D eigenvalue weighted by molar-refractivity contribution is 0.200. The molecule has 0 aromatic carbocycles. The Bertz CT molecular complexity index is 365. The first kappa shape index (κ1) is 12.5. The predicted molar refractivity (Wildman–Crippen MR) is 66.9 cm³/mol. The van der Waals surface area contributed by atoms with Crippen molar-refractivity contribution >= 4 is 0 Å². The third-order valence-electron chi connectivity index (χ3n) is 3.14. The SMILES string of the molecule is COCCc1nc(C)c(CNC2CC2)c(C)n1. The number of aromatic nitrogens is 2. The van der Waals surface area contributed by atoms with Crippen LogP contribution in [0.25, 0.3) is 0 Å². The Labute approximate surface area is 103 Å². The number of rotatable bonds is 6. The van der Waals surface area contributed by atoms with E-state index in [0.717, 1.165) is 36.2 Å². The molecule has 17 heavy (non-hydrogen) atoms. The van der Waals surface area contributed by atoms with Gasteiger partial charge in [0.15, 0.2) is 0 Å². The van der Waals surface area contributed by atoms with Gasteiger partial charge < -0.3 is 10.1 Å². The van der Waals surface area contributed by atoms with Crippen LogP contribution in [0.3, 0.4) is 0 Å². The minimum absolute atomic E-state index is 0.679. The molecule has 1 aliphatic carbocycles. The van der Waals surface area contributed by atoms with Gasteiger partial charge in [-0.3, -0.25) is 0 Å². The van der Waals surface area contributed by atoms with E-state index in [0.29, 0.717) is 6.61 Å². The summed E-state index contributed by atoms with van der Waals surface area (Å²) in [5.41, 5.74) is 3.44. The average Bonchev–Trinajstić information content (AvgIpc) is 3.09. The Morgan fingerprint density at radius 3 is 2.41 bits per heavy atom. The maximum atomic E-state index is 5.05. The zero-order valence-corrected chi connectivity index (χ0v) is 10.9. The zero-order valence-electron chi connectivity index (χ0n) is 10.9. The van der Waals surface area contributed by atoms with E-state index in [1.54, 1.807) is 7.11 Å². The highest BCUT2D eigenvalue weighted by Gasteiger charge is 2.21. The molecule has 1 aliphatic rings. The molecule has 4 nitrogen and oxygen atoms in total. The summed E-state index contributed by atoms with van der Waals surface area (Å²) in [6.07, 6.45) is 3.41. The van der Waals surface area contributed by atoms with Crippen molar-refractivity contribution in [1.82, 2.24) is 15.3 Å². The van der Waals surface area contributed by atoms with Gasteiger partial charge in [-0.05, 0) is 26.7 Å². The largest absolute Gasteiger partial charge is 0.384 e. The van der Waals surface area contributed by atoms with Gasteiger partial charge in [-0.1, -0.05) is 0 Å². The van der Waals surface area contributed by atoms with Gasteiger partial charge in [-0.25, -0.2) is 9.97 Å². The van der Waals surface area contributed by atoms with E-state index in [1.807, 2.05) is 0 Å². The molecule has 1 aromatic heterocycles. The minimum Gasteiger partial charge on any atom is -0.384 e. The summed E-state index contributed by atoms with van der Waals surface area (Å²) in [7, 11) is 1.70. The predicted octanol–water partition coefficient (Wildman–Crippen LogP) is 1.53. The summed E-state index contributed by atoms with van der Waals surface area (Å²) in [6, 6.07) is 0.724. The smallest absolute Gasteiger partial charge is 0.131 e. The first-order valence-corrected chi connectivity index (χ1v) is 6.26. The molecular formula is C13H21N3O. The molecule has 0 spiro atoms. The van der Waals surface area contributed by atoms with Crippen molar-refractivity contribution in [1.29, 1.82) is 0 Å². The van der Waals surface area contributed by atoms with Crippen molar-refractivity contribution in [2.24, 2.45) is 0 Å². The Morgan fingerprint density at radius 1 is 1.24 bits per heavy atom. The van der Waals surface area contributed by atoms with Crippen LogP contribution in [0.2, 0.25) is 0 Å². The van der Waals surface area contributed by atoms with E-state index < -0.39 is 0 Å². The number of hydrogen-bond donors (Lipinski definition) is 1. The average molecular weight is 235 g/mol. The van der Waals surface area contributed by atoms with Gasteiger partial charge in [0, 0.05) is 43.1 Å². The molecule has 0 atom stereocenters. The topological polar surface area (TPSA) is 47.0 Å². The molecule has 94 valence electrons. The number of methoxy groups -OCH3 is 1. The summed E-state index contributed by atoms with van der Waals surface area (Å²) in [4.78, 5) is 9.08. The zero-order chi connectivity index (χ0) is 12.3. The summed E-state index contributed by atoms with van der Waals surface area (Å²) in [6.45, 7) is 5.70. The van der Waals surface area contributed by atoms with Crippen LogP contribution in [0, 0.1) is 13.8 Å². The van der Waals surface area contributed by atoms with Crippen molar-refractivity contribution in [3.05, 3.63) is 22.8 Å². The van der Waals surface area contributed by atoms with E-state index in [9.17, 15) is 0 Å². The van der Waals surface area contributed by atoms with Crippen molar-refractivity contribution in [3.8, 4) is 0 Å². The molecule has 2 rings (SSSR count). The molecule has 0 aliphatic heterocycles. The van der Waals surface area contributed by atoms with Crippen LogP contribution in [0.1, 0.15) is 35.6 Å². The fourth-order valence-corrected chi connectivity index (χ4v) is 1.90. The quantitative estimate of drug-likeness (QED) is 0.812. The van der Waals surface area contributed by atoms with E-state index in [2.05, 4.69) is 29.1 Å². The van der Waals surface area contributed by atoms with Crippen molar-refractivity contribution in [2.75, 3.05) is 13.7 Å². The molecule has 0 saturated heterocycles. The van der Waals surface area contributed by atoms with Crippen molar-refractivity contribution in [3.63, 3.8) is 0 Å². The summed E-state index contributed by atoms with van der Waals surface area (Å²) < 4.78 is 5.05. The van der Waals surface area contributed by atoms with Gasteiger partial charge >= 0.3 is 0 Å². The number of aryl methyl sites for hydroxylation is 2. The van der Waals surface area contributed by atoms with Crippen LogP contribution in [0.5, 0.6) is 0 Å². The fraction of sp³-hybridized carbons (Fsp3) is 0.692. The van der Waals surface area contributed by atoms with Crippen LogP contribution in [0.15, 0.2) is 0 Å². The number of ether oxygens (including phenoxy) is 1. The van der Waals surface area contributed by atoms with Crippen molar-refractivity contribution in [2.45, 2.75) is 45.7 Å². The Morgan fingerprint density at radius 2 is 1.88 bits per heavy atom. The highest BCUT2D eigenvalue weighted by Crippen LogP contribution is 2.20. The Kier molecular flexibility index (Phi) is 4.07. The molecule has 0 bridgehead atoms. The second-order valence-electron chi connectivity index (χ2n) is 4.69. The van der Waals surface area contributed by atoms with Crippen LogP contribution in [-0.4, -0.2) is 29.7 Å². The van der Waals surface area contributed by atoms with Crippen LogP contribution >= 0.6 is 0 Å². The van der Waals surface area contributed by atoms with E-state index >= 15 is 0 Å². The second-order valence-corrected chi connectivity index (χ2v) is 4.69. The number of nitrogens with one attached hydrogen (secondary N) is 1. The van der Waals surface area contributed by atoms with Crippen LogP contribution in [-0.2, 0) is 17.7 Å². The van der Waals surface area contributed by atoms with Gasteiger partial charge in [0.25, 0.3) is 0 Å². The summed E-state index contributed by atoms with van der Waals surface area (Å²) in [5, 5.41) is 3.51. The number of nitrogens with zero attached hydrogens (tertiary/aromatic N) is 2. The molecular weight excluding hydrogens is 214 g/mol. The molecule has 1 heterocycles. The van der Waals surface area contributed by atoms with E-state index in [4.69, 9.17) is 4.74 Å². The third kappa shape index (κ3) is 3.48. The lowest BCUT2D eigenvalue weighted by Crippen LogP contribution is -2.18.